The topological polar surface area (TPSA) is 112 Å². The Morgan fingerprint density at radius 2 is 1.00 bits per heavy atom. The second-order valence-corrected chi connectivity index (χ2v) is 7.98. The molecule has 2 aromatic rings. The number of nitrogens with zero attached hydrogens (tertiary/aromatic N) is 2. The van der Waals surface area contributed by atoms with Crippen molar-refractivity contribution < 1.29 is 38.1 Å². The summed E-state index contributed by atoms with van der Waals surface area (Å²) in [5.41, 5.74) is 1.44. The van der Waals surface area contributed by atoms with Gasteiger partial charge in [-0.25, -0.2) is 0 Å². The van der Waals surface area contributed by atoms with E-state index in [1.165, 1.54) is 28.1 Å². The van der Waals surface area contributed by atoms with Crippen LogP contribution in [0.15, 0.2) is 48.5 Å². The minimum atomic E-state index is -0.447. The molecule has 0 aromatic heterocycles. The summed E-state index contributed by atoms with van der Waals surface area (Å²) in [4.78, 5) is 50.8. The third-order valence-corrected chi connectivity index (χ3v) is 5.13. The Balaban J connectivity index is 2.22. The van der Waals surface area contributed by atoms with Gasteiger partial charge in [-0.2, -0.15) is 0 Å². The van der Waals surface area contributed by atoms with E-state index in [9.17, 15) is 19.2 Å². The molecule has 2 rings (SSSR count). The van der Waals surface area contributed by atoms with E-state index in [0.717, 1.165) is 11.1 Å². The normalized spacial score (nSPS) is 10.7. The molecule has 0 aliphatic rings. The first-order valence-electron chi connectivity index (χ1n) is 11.3. The van der Waals surface area contributed by atoms with Gasteiger partial charge in [0.15, 0.2) is 0 Å². The van der Waals surface area contributed by atoms with E-state index in [-0.39, 0.29) is 13.1 Å². The molecule has 0 aliphatic carbocycles. The van der Waals surface area contributed by atoms with Gasteiger partial charge in [-0.05, 0) is 12.1 Å². The number of carbonyl (C=O) groups is 4. The second kappa shape index (κ2) is 14.6. The number of benzene rings is 2. The lowest BCUT2D eigenvalue weighted by molar-refractivity contribution is -0.143. The zero-order chi connectivity index (χ0) is 26.5. The average molecular weight is 501 g/mol. The van der Waals surface area contributed by atoms with Crippen LogP contribution in [0.2, 0.25) is 0 Å². The molecular weight excluding hydrogens is 468 g/mol. The van der Waals surface area contributed by atoms with Crippen LogP contribution in [0.1, 0.15) is 25.0 Å². The van der Waals surface area contributed by atoms with Gasteiger partial charge in [0.05, 0.1) is 27.3 Å². The largest absolute Gasteiger partial charge is 0.468 e. The van der Waals surface area contributed by atoms with E-state index < -0.39 is 23.9 Å². The molecule has 0 bridgehead atoms. The van der Waals surface area contributed by atoms with Crippen molar-refractivity contribution in [2.75, 3.05) is 40.4 Å². The molecule has 0 unspecified atom stereocenters. The fourth-order valence-corrected chi connectivity index (χ4v) is 3.46. The Bertz CT molecular complexity index is 972. The smallest absolute Gasteiger partial charge is 0.319 e. The number of para-hydroxylation sites is 2. The predicted molar refractivity (Wildman–Crippen MR) is 130 cm³/mol. The lowest BCUT2D eigenvalue weighted by Gasteiger charge is -2.27. The van der Waals surface area contributed by atoms with Gasteiger partial charge in [-0.3, -0.25) is 29.0 Å². The maximum atomic E-state index is 12.1. The summed E-state index contributed by atoms with van der Waals surface area (Å²) in [5, 5.41) is 0. The van der Waals surface area contributed by atoms with Crippen molar-refractivity contribution in [3.8, 4) is 11.5 Å². The van der Waals surface area contributed by atoms with Gasteiger partial charge < -0.3 is 18.9 Å². The standard InChI is InChI=1S/C26H32N2O8/c1-19(29)35-23-11-7-5-9-21(23)15-27(17-25(31)33-3)13-14-28(18-26(32)34-4)16-22-10-6-8-12-24(22)36-20(2)30/h5-12H,13-18H2,1-4H3. The van der Waals surface area contributed by atoms with Crippen molar-refractivity contribution in [1.29, 1.82) is 0 Å². The lowest BCUT2D eigenvalue weighted by Crippen LogP contribution is -2.39. The van der Waals surface area contributed by atoms with Gasteiger partial charge in [0, 0.05) is 51.2 Å². The van der Waals surface area contributed by atoms with Crippen LogP contribution in [-0.4, -0.2) is 74.1 Å². The third-order valence-electron chi connectivity index (χ3n) is 5.13. The summed E-state index contributed by atoms with van der Waals surface area (Å²) < 4.78 is 20.3. The van der Waals surface area contributed by atoms with E-state index >= 15 is 0 Å². The van der Waals surface area contributed by atoms with Crippen LogP contribution in [-0.2, 0) is 41.7 Å². The highest BCUT2D eigenvalue weighted by molar-refractivity contribution is 5.72. The number of hydrogen-bond acceptors (Lipinski definition) is 10. The Morgan fingerprint density at radius 1 is 0.639 bits per heavy atom. The SMILES string of the molecule is COC(=O)CN(CCN(CC(=O)OC)Cc1ccccc1OC(C)=O)Cc1ccccc1OC(C)=O. The van der Waals surface area contributed by atoms with Crippen LogP contribution in [0.5, 0.6) is 11.5 Å². The number of methoxy groups -OCH3 is 2. The quantitative estimate of drug-likeness (QED) is 0.300. The lowest BCUT2D eigenvalue weighted by atomic mass is 10.1. The summed E-state index contributed by atoms with van der Waals surface area (Å²) in [5.74, 6) is -0.946. The molecule has 0 aliphatic heterocycles. The van der Waals surface area contributed by atoms with Crippen LogP contribution < -0.4 is 9.47 Å². The van der Waals surface area contributed by atoms with Gasteiger partial charge in [0.25, 0.3) is 0 Å². The summed E-state index contributed by atoms with van der Waals surface area (Å²) in [6, 6.07) is 14.1. The number of ether oxygens (including phenoxy) is 4. The minimum Gasteiger partial charge on any atom is -0.468 e. The first kappa shape index (κ1) is 28.5. The Kier molecular flexibility index (Phi) is 11.5. The second-order valence-electron chi connectivity index (χ2n) is 7.98. The van der Waals surface area contributed by atoms with Gasteiger partial charge in [-0.15, -0.1) is 0 Å². The monoisotopic (exact) mass is 500 g/mol. The highest BCUT2D eigenvalue weighted by Crippen LogP contribution is 2.22. The maximum absolute atomic E-state index is 12.1. The van der Waals surface area contributed by atoms with Crippen molar-refractivity contribution in [2.45, 2.75) is 26.9 Å². The van der Waals surface area contributed by atoms with E-state index in [1.54, 1.807) is 24.3 Å². The number of rotatable bonds is 13. The van der Waals surface area contributed by atoms with Crippen molar-refractivity contribution in [1.82, 2.24) is 9.80 Å². The van der Waals surface area contributed by atoms with Crippen molar-refractivity contribution >= 4 is 23.9 Å². The van der Waals surface area contributed by atoms with Crippen LogP contribution in [0.4, 0.5) is 0 Å². The molecule has 0 N–H and O–H groups in total. The highest BCUT2D eigenvalue weighted by Gasteiger charge is 2.19. The van der Waals surface area contributed by atoms with E-state index in [0.29, 0.717) is 37.7 Å². The molecule has 0 saturated carbocycles. The third kappa shape index (κ3) is 9.85. The first-order valence-corrected chi connectivity index (χ1v) is 11.3. The average Bonchev–Trinajstić information content (AvgIpc) is 2.83. The van der Waals surface area contributed by atoms with Crippen LogP contribution >= 0.6 is 0 Å². The number of carbonyl (C=O) groups excluding carboxylic acids is 4. The molecule has 36 heavy (non-hydrogen) atoms. The van der Waals surface area contributed by atoms with Crippen LogP contribution in [0, 0.1) is 0 Å². The molecule has 0 fully saturated rings. The number of esters is 4. The molecule has 0 radical (unpaired) electrons. The Labute approximate surface area is 210 Å². The van der Waals surface area contributed by atoms with Crippen molar-refractivity contribution in [3.05, 3.63) is 59.7 Å². The molecule has 0 spiro atoms. The minimum absolute atomic E-state index is 0.0129. The summed E-state index contributed by atoms with van der Waals surface area (Å²) in [6.45, 7) is 3.96. The fourth-order valence-electron chi connectivity index (χ4n) is 3.46. The van der Waals surface area contributed by atoms with Crippen LogP contribution in [0.3, 0.4) is 0 Å². The molecule has 0 atom stereocenters. The Morgan fingerprint density at radius 3 is 1.33 bits per heavy atom. The highest BCUT2D eigenvalue weighted by atomic mass is 16.5. The molecule has 10 heteroatoms. The van der Waals surface area contributed by atoms with Crippen molar-refractivity contribution in [2.24, 2.45) is 0 Å². The summed E-state index contributed by atoms with van der Waals surface area (Å²) in [6.07, 6.45) is 0. The Hall–Kier alpha value is -3.76. The maximum Gasteiger partial charge on any atom is 0.319 e. The van der Waals surface area contributed by atoms with Gasteiger partial charge in [-0.1, -0.05) is 36.4 Å². The zero-order valence-electron chi connectivity index (χ0n) is 21.0. The van der Waals surface area contributed by atoms with E-state index in [2.05, 4.69) is 0 Å². The molecule has 10 nitrogen and oxygen atoms in total. The molecule has 194 valence electrons. The molecule has 0 amide bonds. The fraction of sp³-hybridized carbons (Fsp3) is 0.385. The van der Waals surface area contributed by atoms with Crippen LogP contribution in [0.25, 0.3) is 0 Å². The molecule has 0 heterocycles. The predicted octanol–water partition coefficient (Wildman–Crippen LogP) is 2.19. The first-order chi connectivity index (χ1) is 17.2. The van der Waals surface area contributed by atoms with Gasteiger partial charge >= 0.3 is 23.9 Å². The summed E-state index contributed by atoms with van der Waals surface area (Å²) in [7, 11) is 2.62. The summed E-state index contributed by atoms with van der Waals surface area (Å²) >= 11 is 0. The zero-order valence-corrected chi connectivity index (χ0v) is 21.0. The van der Waals surface area contributed by atoms with E-state index in [4.69, 9.17) is 18.9 Å². The van der Waals surface area contributed by atoms with E-state index in [1.807, 2.05) is 34.1 Å². The molecular formula is C26H32N2O8. The molecule has 2 aromatic carbocycles. The van der Waals surface area contributed by atoms with Gasteiger partial charge in [0.1, 0.15) is 11.5 Å². The van der Waals surface area contributed by atoms with Crippen molar-refractivity contribution in [3.63, 3.8) is 0 Å². The van der Waals surface area contributed by atoms with Gasteiger partial charge in [0.2, 0.25) is 0 Å². The number of hydrogen-bond donors (Lipinski definition) is 0. The molecule has 0 saturated heterocycles.